The molecule has 1 atom stereocenters. The number of Topliss-reactive ketones (excluding diaryl/α,β-unsaturated/α-hetero) is 1. The highest BCUT2D eigenvalue weighted by atomic mass is 32.2. The van der Waals surface area contributed by atoms with Gasteiger partial charge in [0.2, 0.25) is 0 Å². The first kappa shape index (κ1) is 10.8. The summed E-state index contributed by atoms with van der Waals surface area (Å²) in [6.45, 7) is 0. The molecule has 3 rings (SSSR count). The van der Waals surface area contributed by atoms with Crippen LogP contribution in [-0.4, -0.2) is 25.6 Å². The maximum atomic E-state index is 11.8. The first-order valence-corrected chi connectivity index (χ1v) is 6.72. The van der Waals surface area contributed by atoms with Gasteiger partial charge in [-0.3, -0.25) is 9.20 Å². The van der Waals surface area contributed by atoms with Crippen LogP contribution in [0.15, 0.2) is 29.6 Å². The third kappa shape index (κ3) is 2.07. The van der Waals surface area contributed by atoms with E-state index in [1.54, 1.807) is 11.8 Å². The van der Waals surface area contributed by atoms with Gasteiger partial charge in [0.05, 0.1) is 5.25 Å². The molecule has 0 amide bonds. The lowest BCUT2D eigenvalue weighted by Gasteiger charge is -2.18. The van der Waals surface area contributed by atoms with Gasteiger partial charge in [-0.1, -0.05) is 24.2 Å². The Kier molecular flexibility index (Phi) is 2.84. The molecule has 0 saturated heterocycles. The summed E-state index contributed by atoms with van der Waals surface area (Å²) in [6, 6.07) is 5.80. The molecule has 0 spiro atoms. The topological polar surface area (TPSA) is 47.3 Å². The average molecular weight is 247 g/mol. The molecule has 0 bridgehead atoms. The smallest absolute Gasteiger partial charge is 0.196 e. The van der Waals surface area contributed by atoms with Crippen LogP contribution in [0.4, 0.5) is 0 Å². The predicted octanol–water partition coefficient (Wildman–Crippen LogP) is 2.33. The van der Waals surface area contributed by atoms with Crippen LogP contribution in [0.25, 0.3) is 5.65 Å². The zero-order chi connectivity index (χ0) is 11.7. The lowest BCUT2D eigenvalue weighted by molar-refractivity contribution is -0.119. The number of hydrogen-bond donors (Lipinski definition) is 0. The molecule has 2 heterocycles. The zero-order valence-electron chi connectivity index (χ0n) is 9.37. The Morgan fingerprint density at radius 2 is 2.24 bits per heavy atom. The first-order chi connectivity index (χ1) is 8.34. The molecule has 0 N–H and O–H groups in total. The third-order valence-electron chi connectivity index (χ3n) is 3.03. The van der Waals surface area contributed by atoms with Gasteiger partial charge >= 0.3 is 0 Å². The summed E-state index contributed by atoms with van der Waals surface area (Å²) in [5, 5.41) is 9.12. The molecule has 2 aromatic heterocycles. The molecular formula is C12H13N3OS. The first-order valence-electron chi connectivity index (χ1n) is 5.84. The van der Waals surface area contributed by atoms with Crippen LogP contribution in [0, 0.1) is 0 Å². The summed E-state index contributed by atoms with van der Waals surface area (Å²) < 4.78 is 1.94. The van der Waals surface area contributed by atoms with Gasteiger partial charge in [0.25, 0.3) is 0 Å². The molecule has 0 aromatic carbocycles. The van der Waals surface area contributed by atoms with E-state index in [1.807, 2.05) is 28.8 Å². The van der Waals surface area contributed by atoms with Crippen LogP contribution < -0.4 is 0 Å². The van der Waals surface area contributed by atoms with E-state index in [0.29, 0.717) is 12.2 Å². The number of pyridine rings is 1. The third-order valence-corrected chi connectivity index (χ3v) is 4.30. The molecule has 0 aliphatic heterocycles. The summed E-state index contributed by atoms with van der Waals surface area (Å²) in [7, 11) is 0. The molecule has 0 unspecified atom stereocenters. The normalized spacial score (nSPS) is 20.9. The van der Waals surface area contributed by atoms with Gasteiger partial charge in [-0.05, 0) is 25.0 Å². The van der Waals surface area contributed by atoms with Crippen molar-refractivity contribution < 1.29 is 4.79 Å². The summed E-state index contributed by atoms with van der Waals surface area (Å²) in [5.41, 5.74) is 0.832. The van der Waals surface area contributed by atoms with Crippen molar-refractivity contribution in [1.29, 1.82) is 0 Å². The number of fused-ring (bicyclic) bond motifs is 1. The number of thioether (sulfide) groups is 1. The molecular weight excluding hydrogens is 234 g/mol. The van der Waals surface area contributed by atoms with Crippen LogP contribution in [-0.2, 0) is 4.79 Å². The predicted molar refractivity (Wildman–Crippen MR) is 66.1 cm³/mol. The van der Waals surface area contributed by atoms with Gasteiger partial charge in [0, 0.05) is 12.6 Å². The molecule has 88 valence electrons. The lowest BCUT2D eigenvalue weighted by atomic mass is 9.99. The van der Waals surface area contributed by atoms with Crippen LogP contribution in [0.3, 0.4) is 0 Å². The van der Waals surface area contributed by atoms with Gasteiger partial charge in [-0.25, -0.2) is 0 Å². The average Bonchev–Trinajstić information content (AvgIpc) is 2.76. The molecule has 1 saturated carbocycles. The second-order valence-corrected chi connectivity index (χ2v) is 5.40. The quantitative estimate of drug-likeness (QED) is 0.817. The monoisotopic (exact) mass is 247 g/mol. The Labute approximate surface area is 103 Å². The second kappa shape index (κ2) is 4.49. The van der Waals surface area contributed by atoms with Gasteiger partial charge in [-0.15, -0.1) is 10.2 Å². The molecule has 5 heteroatoms. The number of rotatable bonds is 2. The van der Waals surface area contributed by atoms with Crippen molar-refractivity contribution in [2.24, 2.45) is 0 Å². The highest BCUT2D eigenvalue weighted by Gasteiger charge is 2.24. The maximum absolute atomic E-state index is 11.8. The van der Waals surface area contributed by atoms with E-state index in [9.17, 15) is 4.79 Å². The Hall–Kier alpha value is -1.36. The van der Waals surface area contributed by atoms with Gasteiger partial charge < -0.3 is 0 Å². The van der Waals surface area contributed by atoms with Crippen molar-refractivity contribution in [1.82, 2.24) is 14.6 Å². The SMILES string of the molecule is O=C1CCCC[C@H]1Sc1nnc2ccccn12. The Morgan fingerprint density at radius 1 is 1.29 bits per heavy atom. The highest BCUT2D eigenvalue weighted by Crippen LogP contribution is 2.30. The van der Waals surface area contributed by atoms with E-state index >= 15 is 0 Å². The minimum absolute atomic E-state index is 0.0661. The fourth-order valence-corrected chi connectivity index (χ4v) is 3.25. The summed E-state index contributed by atoms with van der Waals surface area (Å²) in [4.78, 5) is 11.8. The minimum atomic E-state index is 0.0661. The second-order valence-electron chi connectivity index (χ2n) is 4.23. The highest BCUT2D eigenvalue weighted by molar-refractivity contribution is 8.00. The number of nitrogens with zero attached hydrogens (tertiary/aromatic N) is 3. The number of carbonyl (C=O) groups excluding carboxylic acids is 1. The zero-order valence-corrected chi connectivity index (χ0v) is 10.2. The molecule has 2 aromatic rings. The van der Waals surface area contributed by atoms with E-state index < -0.39 is 0 Å². The van der Waals surface area contributed by atoms with E-state index in [4.69, 9.17) is 0 Å². The van der Waals surface area contributed by atoms with Crippen molar-refractivity contribution in [2.45, 2.75) is 36.1 Å². The number of carbonyl (C=O) groups is 1. The van der Waals surface area contributed by atoms with Crippen LogP contribution in [0.5, 0.6) is 0 Å². The van der Waals surface area contributed by atoms with Crippen molar-refractivity contribution in [2.75, 3.05) is 0 Å². The number of ketones is 1. The molecule has 17 heavy (non-hydrogen) atoms. The van der Waals surface area contributed by atoms with Crippen molar-refractivity contribution in [3.05, 3.63) is 24.4 Å². The summed E-state index contributed by atoms with van der Waals surface area (Å²) in [6.07, 6.45) is 5.79. The van der Waals surface area contributed by atoms with Gasteiger partial charge in [0.1, 0.15) is 5.78 Å². The fraction of sp³-hybridized carbons (Fsp3) is 0.417. The van der Waals surface area contributed by atoms with Gasteiger partial charge in [0.15, 0.2) is 10.8 Å². The van der Waals surface area contributed by atoms with Gasteiger partial charge in [-0.2, -0.15) is 0 Å². The van der Waals surface area contributed by atoms with Crippen molar-refractivity contribution >= 4 is 23.2 Å². The standard InChI is InChI=1S/C12H13N3OS/c16-9-5-1-2-6-10(9)17-12-14-13-11-7-3-4-8-15(11)12/h3-4,7-8,10H,1-2,5-6H2/t10-/m1/s1. The van der Waals surface area contributed by atoms with Crippen LogP contribution in [0.2, 0.25) is 0 Å². The largest absolute Gasteiger partial charge is 0.298 e. The lowest BCUT2D eigenvalue weighted by Crippen LogP contribution is -2.21. The molecule has 0 radical (unpaired) electrons. The van der Waals surface area contributed by atoms with E-state index in [-0.39, 0.29) is 5.25 Å². The number of aromatic nitrogens is 3. The van der Waals surface area contributed by atoms with E-state index in [0.717, 1.165) is 30.1 Å². The van der Waals surface area contributed by atoms with E-state index in [1.165, 1.54) is 0 Å². The molecule has 1 fully saturated rings. The minimum Gasteiger partial charge on any atom is -0.298 e. The fourth-order valence-electron chi connectivity index (χ4n) is 2.10. The van der Waals surface area contributed by atoms with E-state index in [2.05, 4.69) is 10.2 Å². The Balaban J connectivity index is 1.87. The van der Waals surface area contributed by atoms with Crippen molar-refractivity contribution in [3.8, 4) is 0 Å². The Morgan fingerprint density at radius 3 is 3.12 bits per heavy atom. The number of hydrogen-bond acceptors (Lipinski definition) is 4. The maximum Gasteiger partial charge on any atom is 0.196 e. The van der Waals surface area contributed by atoms with Crippen LogP contribution in [0.1, 0.15) is 25.7 Å². The summed E-state index contributed by atoms with van der Waals surface area (Å²) in [5.74, 6) is 0.355. The molecule has 4 nitrogen and oxygen atoms in total. The van der Waals surface area contributed by atoms with Crippen molar-refractivity contribution in [3.63, 3.8) is 0 Å². The molecule has 1 aliphatic rings. The Bertz CT molecular complexity index is 551. The summed E-state index contributed by atoms with van der Waals surface area (Å²) >= 11 is 1.55. The molecule has 1 aliphatic carbocycles. The van der Waals surface area contributed by atoms with Crippen LogP contribution >= 0.6 is 11.8 Å².